The van der Waals surface area contributed by atoms with Gasteiger partial charge in [0.1, 0.15) is 0 Å². The minimum Gasteiger partial charge on any atom is -0.298 e. The van der Waals surface area contributed by atoms with E-state index in [0.29, 0.717) is 23.7 Å². The Labute approximate surface area is 75.6 Å². The largest absolute Gasteiger partial charge is 0.298 e. The molecule has 0 amide bonds. The molecule has 0 fully saturated rings. The van der Waals surface area contributed by atoms with Crippen LogP contribution in [0.5, 0.6) is 0 Å². The van der Waals surface area contributed by atoms with E-state index in [1.807, 2.05) is 6.07 Å². The van der Waals surface area contributed by atoms with Gasteiger partial charge in [-0.05, 0) is 18.6 Å². The summed E-state index contributed by atoms with van der Waals surface area (Å²) in [6.45, 7) is 1.72. The SMILES string of the molecule is Cc1ccc(C#N)c(C=O)c1C=O. The summed E-state index contributed by atoms with van der Waals surface area (Å²) in [4.78, 5) is 21.2. The summed E-state index contributed by atoms with van der Waals surface area (Å²) < 4.78 is 0. The van der Waals surface area contributed by atoms with E-state index in [-0.39, 0.29) is 11.1 Å². The quantitative estimate of drug-likeness (QED) is 0.636. The maximum atomic E-state index is 10.6. The highest BCUT2D eigenvalue weighted by molar-refractivity contribution is 5.93. The molecule has 0 saturated heterocycles. The third-order valence-corrected chi connectivity index (χ3v) is 1.86. The molecular formula is C10H7NO2. The average molecular weight is 173 g/mol. The van der Waals surface area contributed by atoms with E-state index >= 15 is 0 Å². The predicted molar refractivity (Wildman–Crippen MR) is 46.7 cm³/mol. The number of benzene rings is 1. The van der Waals surface area contributed by atoms with E-state index in [1.54, 1.807) is 13.0 Å². The molecule has 1 aromatic carbocycles. The topological polar surface area (TPSA) is 57.9 Å². The predicted octanol–water partition coefficient (Wildman–Crippen LogP) is 1.49. The Morgan fingerprint density at radius 2 is 1.85 bits per heavy atom. The average Bonchev–Trinajstić information content (AvgIpc) is 2.17. The van der Waals surface area contributed by atoms with E-state index in [1.165, 1.54) is 6.07 Å². The van der Waals surface area contributed by atoms with Crippen molar-refractivity contribution < 1.29 is 9.59 Å². The zero-order chi connectivity index (χ0) is 9.84. The standard InChI is InChI=1S/C10H7NO2/c1-7-2-3-8(4-11)10(6-13)9(7)5-12/h2-3,5-6H,1H3. The van der Waals surface area contributed by atoms with Crippen LogP contribution in [0.2, 0.25) is 0 Å². The number of aryl methyl sites for hydroxylation is 1. The number of nitriles is 1. The first kappa shape index (κ1) is 9.14. The molecule has 0 aliphatic carbocycles. The summed E-state index contributed by atoms with van der Waals surface area (Å²) in [6, 6.07) is 5.04. The number of carbonyl (C=O) groups excluding carboxylic acids is 2. The van der Waals surface area contributed by atoms with E-state index in [9.17, 15) is 9.59 Å². The monoisotopic (exact) mass is 173 g/mol. The van der Waals surface area contributed by atoms with Gasteiger partial charge in [-0.2, -0.15) is 5.26 Å². The van der Waals surface area contributed by atoms with E-state index in [0.717, 1.165) is 0 Å². The summed E-state index contributed by atoms with van der Waals surface area (Å²) in [5, 5.41) is 8.64. The second-order valence-electron chi connectivity index (χ2n) is 2.60. The van der Waals surface area contributed by atoms with Crippen molar-refractivity contribution in [3.05, 3.63) is 34.4 Å². The molecule has 0 radical (unpaired) electrons. The molecule has 0 heterocycles. The van der Waals surface area contributed by atoms with Crippen LogP contribution in [0.15, 0.2) is 12.1 Å². The highest BCUT2D eigenvalue weighted by Gasteiger charge is 2.08. The van der Waals surface area contributed by atoms with Crippen LogP contribution >= 0.6 is 0 Å². The van der Waals surface area contributed by atoms with Crippen LogP contribution in [0, 0.1) is 18.3 Å². The lowest BCUT2D eigenvalue weighted by Crippen LogP contribution is -1.98. The molecule has 0 aromatic heterocycles. The molecule has 1 aromatic rings. The molecule has 3 nitrogen and oxygen atoms in total. The fourth-order valence-corrected chi connectivity index (χ4v) is 1.13. The maximum absolute atomic E-state index is 10.6. The number of hydrogen-bond donors (Lipinski definition) is 0. The molecule has 0 unspecified atom stereocenters. The molecule has 0 bridgehead atoms. The first-order valence-corrected chi connectivity index (χ1v) is 3.68. The van der Waals surface area contributed by atoms with Crippen molar-refractivity contribution in [1.82, 2.24) is 0 Å². The summed E-state index contributed by atoms with van der Waals surface area (Å²) in [7, 11) is 0. The Morgan fingerprint density at radius 3 is 2.31 bits per heavy atom. The number of aldehydes is 2. The third kappa shape index (κ3) is 1.47. The fraction of sp³-hybridized carbons (Fsp3) is 0.100. The molecule has 0 aliphatic rings. The molecule has 3 heteroatoms. The summed E-state index contributed by atoms with van der Waals surface area (Å²) >= 11 is 0. The second kappa shape index (κ2) is 3.63. The van der Waals surface area contributed by atoms with Gasteiger partial charge in [0.25, 0.3) is 0 Å². The van der Waals surface area contributed by atoms with Crippen molar-refractivity contribution in [3.63, 3.8) is 0 Å². The van der Waals surface area contributed by atoms with Crippen LogP contribution in [-0.2, 0) is 0 Å². The first-order valence-electron chi connectivity index (χ1n) is 3.68. The van der Waals surface area contributed by atoms with Gasteiger partial charge < -0.3 is 0 Å². The van der Waals surface area contributed by atoms with Crippen molar-refractivity contribution >= 4 is 12.6 Å². The Kier molecular flexibility index (Phi) is 2.56. The smallest absolute Gasteiger partial charge is 0.152 e. The van der Waals surface area contributed by atoms with Gasteiger partial charge in [0.15, 0.2) is 12.6 Å². The van der Waals surface area contributed by atoms with Gasteiger partial charge >= 0.3 is 0 Å². The highest BCUT2D eigenvalue weighted by Crippen LogP contribution is 2.14. The second-order valence-corrected chi connectivity index (χ2v) is 2.60. The van der Waals surface area contributed by atoms with Gasteiger partial charge in [-0.1, -0.05) is 6.07 Å². The molecule has 64 valence electrons. The Morgan fingerprint density at radius 1 is 1.23 bits per heavy atom. The van der Waals surface area contributed by atoms with Gasteiger partial charge in [-0.25, -0.2) is 0 Å². The molecule has 0 saturated carbocycles. The van der Waals surface area contributed by atoms with Crippen LogP contribution < -0.4 is 0 Å². The van der Waals surface area contributed by atoms with Crippen molar-refractivity contribution in [1.29, 1.82) is 5.26 Å². The van der Waals surface area contributed by atoms with Gasteiger partial charge in [0.05, 0.1) is 11.6 Å². The zero-order valence-electron chi connectivity index (χ0n) is 7.07. The molecular weight excluding hydrogens is 166 g/mol. The van der Waals surface area contributed by atoms with Gasteiger partial charge in [0.2, 0.25) is 0 Å². The van der Waals surface area contributed by atoms with E-state index < -0.39 is 0 Å². The van der Waals surface area contributed by atoms with Crippen LogP contribution in [-0.4, -0.2) is 12.6 Å². The van der Waals surface area contributed by atoms with Crippen LogP contribution in [0.4, 0.5) is 0 Å². The molecule has 0 spiro atoms. The minimum absolute atomic E-state index is 0.178. The third-order valence-electron chi connectivity index (χ3n) is 1.86. The lowest BCUT2D eigenvalue weighted by atomic mass is 9.99. The lowest BCUT2D eigenvalue weighted by molar-refractivity contribution is 0.109. The Balaban J connectivity index is 3.56. The maximum Gasteiger partial charge on any atom is 0.152 e. The Hall–Kier alpha value is -1.95. The van der Waals surface area contributed by atoms with Crippen LogP contribution in [0.25, 0.3) is 0 Å². The van der Waals surface area contributed by atoms with Crippen molar-refractivity contribution in [2.45, 2.75) is 6.92 Å². The first-order chi connectivity index (χ1) is 6.24. The Bertz CT molecular complexity index is 402. The molecule has 1 rings (SSSR count). The van der Waals surface area contributed by atoms with Crippen molar-refractivity contribution in [2.24, 2.45) is 0 Å². The summed E-state index contributed by atoms with van der Waals surface area (Å²) in [5.74, 6) is 0. The van der Waals surface area contributed by atoms with E-state index in [2.05, 4.69) is 0 Å². The number of nitrogens with zero attached hydrogens (tertiary/aromatic N) is 1. The number of hydrogen-bond acceptors (Lipinski definition) is 3. The van der Waals surface area contributed by atoms with Gasteiger partial charge in [-0.3, -0.25) is 9.59 Å². The minimum atomic E-state index is 0.178. The zero-order valence-corrected chi connectivity index (χ0v) is 7.07. The summed E-state index contributed by atoms with van der Waals surface area (Å²) in [6.07, 6.45) is 1.13. The molecule has 0 aliphatic heterocycles. The van der Waals surface area contributed by atoms with Gasteiger partial charge in [-0.15, -0.1) is 0 Å². The van der Waals surface area contributed by atoms with Crippen LogP contribution in [0.3, 0.4) is 0 Å². The lowest BCUT2D eigenvalue weighted by Gasteiger charge is -2.02. The van der Waals surface area contributed by atoms with Crippen molar-refractivity contribution in [2.75, 3.05) is 0 Å². The fourth-order valence-electron chi connectivity index (χ4n) is 1.13. The van der Waals surface area contributed by atoms with Crippen LogP contribution in [0.1, 0.15) is 31.8 Å². The molecule has 13 heavy (non-hydrogen) atoms. The van der Waals surface area contributed by atoms with Gasteiger partial charge in [0, 0.05) is 11.1 Å². The normalized spacial score (nSPS) is 8.92. The summed E-state index contributed by atoms with van der Waals surface area (Å²) in [5.41, 5.74) is 1.42. The number of rotatable bonds is 2. The number of carbonyl (C=O) groups is 2. The van der Waals surface area contributed by atoms with Crippen molar-refractivity contribution in [3.8, 4) is 6.07 Å². The molecule has 0 N–H and O–H groups in total. The molecule has 0 atom stereocenters. The highest BCUT2D eigenvalue weighted by atomic mass is 16.1. The van der Waals surface area contributed by atoms with E-state index in [4.69, 9.17) is 5.26 Å².